The lowest BCUT2D eigenvalue weighted by Gasteiger charge is -2.36. The second-order valence-corrected chi connectivity index (χ2v) is 5.01. The predicted octanol–water partition coefficient (Wildman–Crippen LogP) is 1.01. The molecule has 3 N–H and O–H groups in total. The van der Waals surface area contributed by atoms with Crippen LogP contribution in [0.25, 0.3) is 0 Å². The van der Waals surface area contributed by atoms with E-state index in [2.05, 4.69) is 12.2 Å². The quantitative estimate of drug-likeness (QED) is 0.792. The second kappa shape index (κ2) is 7.17. The lowest BCUT2D eigenvalue weighted by Crippen LogP contribution is -2.53. The molecule has 0 radical (unpaired) electrons. The van der Waals surface area contributed by atoms with E-state index in [1.165, 1.54) is 0 Å². The third-order valence-electron chi connectivity index (χ3n) is 3.40. The molecule has 1 aliphatic rings. The van der Waals surface area contributed by atoms with E-state index >= 15 is 0 Å². The van der Waals surface area contributed by atoms with Gasteiger partial charge in [0.1, 0.15) is 11.8 Å². The number of anilines is 2. The summed E-state index contributed by atoms with van der Waals surface area (Å²) < 4.78 is 11.1. The Balaban J connectivity index is 2.25. The summed E-state index contributed by atoms with van der Waals surface area (Å²) in [4.78, 5) is 14.0. The van der Waals surface area contributed by atoms with Gasteiger partial charge in [0.05, 0.1) is 19.8 Å². The third kappa shape index (κ3) is 3.78. The van der Waals surface area contributed by atoms with Gasteiger partial charge in [0.25, 0.3) is 0 Å². The van der Waals surface area contributed by atoms with Crippen molar-refractivity contribution >= 4 is 17.3 Å². The highest BCUT2D eigenvalue weighted by atomic mass is 16.5. The molecule has 1 amide bonds. The number of amides is 1. The van der Waals surface area contributed by atoms with Crippen LogP contribution >= 0.6 is 0 Å². The molecule has 1 fully saturated rings. The normalized spacial score (nSPS) is 18.4. The van der Waals surface area contributed by atoms with Crippen LogP contribution in [0.3, 0.4) is 0 Å². The van der Waals surface area contributed by atoms with Crippen LogP contribution in [0.4, 0.5) is 11.4 Å². The van der Waals surface area contributed by atoms with Crippen LogP contribution in [-0.4, -0.2) is 45.4 Å². The maximum absolute atomic E-state index is 12.0. The van der Waals surface area contributed by atoms with Gasteiger partial charge in [0, 0.05) is 37.1 Å². The van der Waals surface area contributed by atoms with Crippen LogP contribution in [0, 0.1) is 0 Å². The largest absolute Gasteiger partial charge is 0.493 e. The number of nitrogens with one attached hydrogen (secondary N) is 1. The van der Waals surface area contributed by atoms with Gasteiger partial charge in [0.2, 0.25) is 5.91 Å². The standard InChI is InChI=1S/C15H23N3O3/c1-3-5-21-13-8-11(16)7-12(9-13)18-4-6-20-10-14(18)15(19)17-2/h7-9,14H,3-6,10,16H2,1-2H3,(H,17,19). The number of hydrogen-bond acceptors (Lipinski definition) is 5. The Labute approximate surface area is 125 Å². The van der Waals surface area contributed by atoms with E-state index in [1.807, 2.05) is 17.0 Å². The molecule has 1 aliphatic heterocycles. The average molecular weight is 293 g/mol. The molecule has 0 spiro atoms. The Morgan fingerprint density at radius 1 is 1.52 bits per heavy atom. The summed E-state index contributed by atoms with van der Waals surface area (Å²) >= 11 is 0. The fourth-order valence-corrected chi connectivity index (χ4v) is 2.37. The minimum atomic E-state index is -0.343. The highest BCUT2D eigenvalue weighted by Gasteiger charge is 2.29. The fourth-order valence-electron chi connectivity index (χ4n) is 2.37. The summed E-state index contributed by atoms with van der Waals surface area (Å²) in [5.41, 5.74) is 7.47. The van der Waals surface area contributed by atoms with Crippen LogP contribution in [0.2, 0.25) is 0 Å². The Morgan fingerprint density at radius 3 is 3.05 bits per heavy atom. The van der Waals surface area contributed by atoms with Crippen LogP contribution < -0.4 is 20.7 Å². The summed E-state index contributed by atoms with van der Waals surface area (Å²) in [5.74, 6) is 0.669. The zero-order chi connectivity index (χ0) is 15.2. The highest BCUT2D eigenvalue weighted by Crippen LogP contribution is 2.28. The van der Waals surface area contributed by atoms with Gasteiger partial charge in [-0.05, 0) is 12.5 Å². The zero-order valence-corrected chi connectivity index (χ0v) is 12.6. The van der Waals surface area contributed by atoms with Crippen molar-refractivity contribution in [1.82, 2.24) is 5.32 Å². The Bertz CT molecular complexity index is 493. The van der Waals surface area contributed by atoms with E-state index in [0.717, 1.165) is 17.9 Å². The molecule has 1 unspecified atom stereocenters. The Kier molecular flexibility index (Phi) is 5.27. The van der Waals surface area contributed by atoms with Crippen molar-refractivity contribution in [3.63, 3.8) is 0 Å². The smallest absolute Gasteiger partial charge is 0.244 e. The molecule has 1 atom stereocenters. The van der Waals surface area contributed by atoms with Crippen molar-refractivity contribution in [3.8, 4) is 5.75 Å². The second-order valence-electron chi connectivity index (χ2n) is 5.01. The van der Waals surface area contributed by atoms with Crippen molar-refractivity contribution in [2.45, 2.75) is 19.4 Å². The van der Waals surface area contributed by atoms with Gasteiger partial charge in [-0.15, -0.1) is 0 Å². The van der Waals surface area contributed by atoms with Gasteiger partial charge in [-0.3, -0.25) is 4.79 Å². The number of ether oxygens (including phenoxy) is 2. The van der Waals surface area contributed by atoms with Gasteiger partial charge in [-0.1, -0.05) is 6.92 Å². The SMILES string of the molecule is CCCOc1cc(N)cc(N2CCOCC2C(=O)NC)c1. The number of nitrogen functional groups attached to an aromatic ring is 1. The lowest BCUT2D eigenvalue weighted by molar-refractivity contribution is -0.124. The van der Waals surface area contributed by atoms with E-state index in [0.29, 0.717) is 32.1 Å². The van der Waals surface area contributed by atoms with Crippen LogP contribution in [0.1, 0.15) is 13.3 Å². The molecule has 1 aromatic carbocycles. The van der Waals surface area contributed by atoms with Crippen molar-refractivity contribution in [3.05, 3.63) is 18.2 Å². The van der Waals surface area contributed by atoms with E-state index in [9.17, 15) is 4.79 Å². The monoisotopic (exact) mass is 293 g/mol. The molecule has 2 rings (SSSR count). The molecule has 0 aliphatic carbocycles. The Hall–Kier alpha value is -1.95. The third-order valence-corrected chi connectivity index (χ3v) is 3.40. The summed E-state index contributed by atoms with van der Waals surface area (Å²) in [7, 11) is 1.63. The number of rotatable bonds is 5. The van der Waals surface area contributed by atoms with Gasteiger partial charge in [-0.2, -0.15) is 0 Å². The molecule has 1 aromatic rings. The van der Waals surface area contributed by atoms with Gasteiger partial charge < -0.3 is 25.4 Å². The highest BCUT2D eigenvalue weighted by molar-refractivity contribution is 5.85. The minimum Gasteiger partial charge on any atom is -0.493 e. The van der Waals surface area contributed by atoms with Crippen molar-refractivity contribution in [2.24, 2.45) is 0 Å². The van der Waals surface area contributed by atoms with E-state index < -0.39 is 0 Å². The Morgan fingerprint density at radius 2 is 2.33 bits per heavy atom. The van der Waals surface area contributed by atoms with Crippen molar-refractivity contribution < 1.29 is 14.3 Å². The molecular weight excluding hydrogens is 270 g/mol. The number of carbonyl (C=O) groups is 1. The topological polar surface area (TPSA) is 76.8 Å². The first-order valence-corrected chi connectivity index (χ1v) is 7.25. The molecular formula is C15H23N3O3. The number of likely N-dealkylation sites (N-methyl/N-ethyl adjacent to an activating group) is 1. The molecule has 1 saturated heterocycles. The summed E-state index contributed by atoms with van der Waals surface area (Å²) in [5, 5.41) is 2.67. The summed E-state index contributed by atoms with van der Waals surface area (Å²) in [6, 6.07) is 5.24. The number of hydrogen-bond donors (Lipinski definition) is 2. The van der Waals surface area contributed by atoms with Crippen molar-refractivity contribution in [1.29, 1.82) is 0 Å². The molecule has 1 heterocycles. The predicted molar refractivity (Wildman–Crippen MR) is 82.7 cm³/mol. The summed E-state index contributed by atoms with van der Waals surface area (Å²) in [6.45, 7) is 4.31. The minimum absolute atomic E-state index is 0.0619. The molecule has 0 bridgehead atoms. The van der Waals surface area contributed by atoms with Crippen LogP contribution in [-0.2, 0) is 9.53 Å². The molecule has 21 heavy (non-hydrogen) atoms. The number of morpholine rings is 1. The fraction of sp³-hybridized carbons (Fsp3) is 0.533. The van der Waals surface area contributed by atoms with Gasteiger partial charge in [0.15, 0.2) is 0 Å². The first-order chi connectivity index (χ1) is 10.2. The zero-order valence-electron chi connectivity index (χ0n) is 12.6. The molecule has 0 saturated carbocycles. The first kappa shape index (κ1) is 15.4. The lowest BCUT2D eigenvalue weighted by atomic mass is 10.1. The maximum Gasteiger partial charge on any atom is 0.244 e. The molecule has 6 nitrogen and oxygen atoms in total. The number of nitrogens with zero attached hydrogens (tertiary/aromatic N) is 1. The van der Waals surface area contributed by atoms with Gasteiger partial charge in [-0.25, -0.2) is 0 Å². The molecule has 0 aromatic heterocycles. The molecule has 6 heteroatoms. The first-order valence-electron chi connectivity index (χ1n) is 7.25. The molecule has 116 valence electrons. The van der Waals surface area contributed by atoms with Crippen molar-refractivity contribution in [2.75, 3.05) is 44.0 Å². The van der Waals surface area contributed by atoms with E-state index in [-0.39, 0.29) is 11.9 Å². The van der Waals surface area contributed by atoms with Crippen LogP contribution in [0.15, 0.2) is 18.2 Å². The van der Waals surface area contributed by atoms with Crippen LogP contribution in [0.5, 0.6) is 5.75 Å². The maximum atomic E-state index is 12.0. The number of benzene rings is 1. The summed E-state index contributed by atoms with van der Waals surface area (Å²) in [6.07, 6.45) is 0.933. The van der Waals surface area contributed by atoms with E-state index in [4.69, 9.17) is 15.2 Å². The van der Waals surface area contributed by atoms with Gasteiger partial charge >= 0.3 is 0 Å². The van der Waals surface area contributed by atoms with E-state index in [1.54, 1.807) is 13.1 Å². The number of nitrogens with two attached hydrogens (primary N) is 1. The number of carbonyl (C=O) groups excluding carboxylic acids is 1. The average Bonchev–Trinajstić information content (AvgIpc) is 2.51.